The smallest absolute Gasteiger partial charge is 0.326 e. The summed E-state index contributed by atoms with van der Waals surface area (Å²) in [4.78, 5) is 23.3. The summed E-state index contributed by atoms with van der Waals surface area (Å²) in [6.07, 6.45) is 1.37. The van der Waals surface area contributed by atoms with Crippen molar-refractivity contribution in [3.63, 3.8) is 0 Å². The number of aromatic nitrogens is 1. The van der Waals surface area contributed by atoms with Gasteiger partial charge in [0, 0.05) is 18.0 Å². The average molecular weight is 290 g/mol. The van der Waals surface area contributed by atoms with Gasteiger partial charge < -0.3 is 15.0 Å². The van der Waals surface area contributed by atoms with Gasteiger partial charge in [-0.05, 0) is 36.2 Å². The van der Waals surface area contributed by atoms with Crippen LogP contribution in [-0.4, -0.2) is 10.5 Å². The van der Waals surface area contributed by atoms with Crippen molar-refractivity contribution in [2.45, 2.75) is 20.1 Å². The van der Waals surface area contributed by atoms with Crippen LogP contribution in [0.2, 0.25) is 0 Å². The average Bonchev–Trinajstić information content (AvgIpc) is 2.44. The molecule has 1 aromatic heterocycles. The zero-order chi connectivity index (χ0) is 15.4. The summed E-state index contributed by atoms with van der Waals surface area (Å²) in [5.41, 5.74) is 7.00. The van der Waals surface area contributed by atoms with Crippen LogP contribution in [0.3, 0.4) is 0 Å². The molecule has 2 rings (SSSR count). The van der Waals surface area contributed by atoms with Crippen LogP contribution < -0.4 is 11.3 Å². The number of pyridine rings is 1. The van der Waals surface area contributed by atoms with Gasteiger partial charge in [0.25, 0.3) is 5.56 Å². The summed E-state index contributed by atoms with van der Waals surface area (Å²) in [6.45, 7) is 1.52. The number of hydrogen-bond acceptors (Lipinski definition) is 4. The molecule has 2 N–H and O–H groups in total. The standard InChI is InChI=1S/C15H15FN2O3/c1-10-2-3-12(16)6-11(10)9-21-15(20)8-18-7-13(17)4-5-14(18)19/h2-7H,8-9,17H2,1H3. The topological polar surface area (TPSA) is 74.3 Å². The van der Waals surface area contributed by atoms with Gasteiger partial charge in [-0.2, -0.15) is 0 Å². The Labute approximate surface area is 120 Å². The molecule has 1 aromatic carbocycles. The van der Waals surface area contributed by atoms with Gasteiger partial charge in [-0.15, -0.1) is 0 Å². The lowest BCUT2D eigenvalue weighted by atomic mass is 10.1. The van der Waals surface area contributed by atoms with Gasteiger partial charge in [-0.1, -0.05) is 6.07 Å². The van der Waals surface area contributed by atoms with Crippen molar-refractivity contribution in [1.29, 1.82) is 0 Å². The molecule has 6 heteroatoms. The van der Waals surface area contributed by atoms with E-state index in [2.05, 4.69) is 0 Å². The first-order chi connectivity index (χ1) is 9.95. The molecule has 0 atom stereocenters. The van der Waals surface area contributed by atoms with Gasteiger partial charge in [0.05, 0.1) is 0 Å². The van der Waals surface area contributed by atoms with E-state index in [0.29, 0.717) is 11.3 Å². The quantitative estimate of drug-likeness (QED) is 0.868. The van der Waals surface area contributed by atoms with E-state index in [0.717, 1.165) is 10.1 Å². The second kappa shape index (κ2) is 6.21. The Morgan fingerprint density at radius 3 is 2.86 bits per heavy atom. The molecule has 0 bridgehead atoms. The van der Waals surface area contributed by atoms with Crippen molar-refractivity contribution in [3.05, 3.63) is 63.8 Å². The summed E-state index contributed by atoms with van der Waals surface area (Å²) in [5.74, 6) is -0.981. The Bertz CT molecular complexity index is 725. The van der Waals surface area contributed by atoms with E-state index in [4.69, 9.17) is 10.5 Å². The summed E-state index contributed by atoms with van der Waals surface area (Å²) in [6, 6.07) is 7.00. The molecule has 0 amide bonds. The van der Waals surface area contributed by atoms with Gasteiger partial charge in [0.1, 0.15) is 19.0 Å². The predicted molar refractivity (Wildman–Crippen MR) is 76.0 cm³/mol. The van der Waals surface area contributed by atoms with Gasteiger partial charge in [-0.3, -0.25) is 9.59 Å². The highest BCUT2D eigenvalue weighted by molar-refractivity contribution is 5.69. The molecule has 5 nitrogen and oxygen atoms in total. The number of nitrogens with zero attached hydrogens (tertiary/aromatic N) is 1. The number of aryl methyl sites for hydroxylation is 1. The highest BCUT2D eigenvalue weighted by Crippen LogP contribution is 2.11. The summed E-state index contributed by atoms with van der Waals surface area (Å²) in [5, 5.41) is 0. The minimum atomic E-state index is -0.591. The van der Waals surface area contributed by atoms with E-state index in [1.165, 1.54) is 30.5 Å². The van der Waals surface area contributed by atoms with Crippen molar-refractivity contribution in [2.24, 2.45) is 0 Å². The lowest BCUT2D eigenvalue weighted by Crippen LogP contribution is -2.24. The van der Waals surface area contributed by atoms with Crippen LogP contribution in [0, 0.1) is 12.7 Å². The Balaban J connectivity index is 2.01. The van der Waals surface area contributed by atoms with Gasteiger partial charge in [0.15, 0.2) is 0 Å². The number of nitrogens with two attached hydrogens (primary N) is 1. The number of carbonyl (C=O) groups is 1. The van der Waals surface area contributed by atoms with Crippen molar-refractivity contribution in [2.75, 3.05) is 5.73 Å². The summed E-state index contributed by atoms with van der Waals surface area (Å²) < 4.78 is 19.3. The second-order valence-electron chi connectivity index (χ2n) is 4.66. The number of carbonyl (C=O) groups excluding carboxylic acids is 1. The molecule has 0 aliphatic rings. The number of ether oxygens (including phenoxy) is 1. The van der Waals surface area contributed by atoms with E-state index in [1.807, 2.05) is 0 Å². The van der Waals surface area contributed by atoms with Gasteiger partial charge >= 0.3 is 5.97 Å². The number of anilines is 1. The maximum atomic E-state index is 13.1. The largest absolute Gasteiger partial charge is 0.459 e. The molecule has 0 saturated heterocycles. The zero-order valence-electron chi connectivity index (χ0n) is 11.5. The Morgan fingerprint density at radius 1 is 1.33 bits per heavy atom. The number of nitrogen functional groups attached to an aromatic ring is 1. The normalized spacial score (nSPS) is 10.4. The minimum Gasteiger partial charge on any atom is -0.459 e. The van der Waals surface area contributed by atoms with Crippen molar-refractivity contribution in [3.8, 4) is 0 Å². The maximum Gasteiger partial charge on any atom is 0.326 e. The molecule has 0 unspecified atom stereocenters. The molecular weight excluding hydrogens is 275 g/mol. The number of hydrogen-bond donors (Lipinski definition) is 1. The molecule has 1 heterocycles. The first kappa shape index (κ1) is 14.8. The predicted octanol–water partition coefficient (Wildman–Crippen LogP) is 1.62. The van der Waals surface area contributed by atoms with E-state index >= 15 is 0 Å². The molecule has 21 heavy (non-hydrogen) atoms. The van der Waals surface area contributed by atoms with Crippen LogP contribution >= 0.6 is 0 Å². The summed E-state index contributed by atoms with van der Waals surface area (Å²) >= 11 is 0. The number of benzene rings is 1. The van der Waals surface area contributed by atoms with Crippen molar-refractivity contribution in [1.82, 2.24) is 4.57 Å². The van der Waals surface area contributed by atoms with Crippen LogP contribution in [0.15, 0.2) is 41.3 Å². The van der Waals surface area contributed by atoms with Crippen LogP contribution in [0.1, 0.15) is 11.1 Å². The molecule has 2 aromatic rings. The van der Waals surface area contributed by atoms with Crippen LogP contribution in [0.25, 0.3) is 0 Å². The summed E-state index contributed by atoms with van der Waals surface area (Å²) in [7, 11) is 0. The Morgan fingerprint density at radius 2 is 2.10 bits per heavy atom. The monoisotopic (exact) mass is 290 g/mol. The van der Waals surface area contributed by atoms with E-state index in [-0.39, 0.29) is 18.7 Å². The van der Waals surface area contributed by atoms with Crippen LogP contribution in [-0.2, 0) is 22.7 Å². The fourth-order valence-corrected chi connectivity index (χ4v) is 1.81. The number of esters is 1. The van der Waals surface area contributed by atoms with E-state index < -0.39 is 11.8 Å². The van der Waals surface area contributed by atoms with E-state index in [1.54, 1.807) is 13.0 Å². The molecule has 0 aliphatic carbocycles. The van der Waals surface area contributed by atoms with Crippen molar-refractivity contribution >= 4 is 11.7 Å². The third-order valence-electron chi connectivity index (χ3n) is 3.01. The third kappa shape index (κ3) is 3.92. The Kier molecular flexibility index (Phi) is 4.37. The Hall–Kier alpha value is -2.63. The maximum absolute atomic E-state index is 13.1. The highest BCUT2D eigenvalue weighted by atomic mass is 19.1. The third-order valence-corrected chi connectivity index (χ3v) is 3.01. The fourth-order valence-electron chi connectivity index (χ4n) is 1.81. The van der Waals surface area contributed by atoms with E-state index in [9.17, 15) is 14.0 Å². The second-order valence-corrected chi connectivity index (χ2v) is 4.66. The first-order valence-corrected chi connectivity index (χ1v) is 6.32. The molecule has 0 spiro atoms. The molecule has 0 aliphatic heterocycles. The molecule has 0 fully saturated rings. The highest BCUT2D eigenvalue weighted by Gasteiger charge is 2.08. The molecule has 0 radical (unpaired) electrons. The van der Waals surface area contributed by atoms with Gasteiger partial charge in [0.2, 0.25) is 0 Å². The molecular formula is C15H15FN2O3. The first-order valence-electron chi connectivity index (χ1n) is 6.32. The SMILES string of the molecule is Cc1ccc(F)cc1COC(=O)Cn1cc(N)ccc1=O. The number of rotatable bonds is 4. The molecule has 0 saturated carbocycles. The van der Waals surface area contributed by atoms with Gasteiger partial charge in [-0.25, -0.2) is 4.39 Å². The molecule has 110 valence electrons. The van der Waals surface area contributed by atoms with Crippen molar-refractivity contribution < 1.29 is 13.9 Å². The lowest BCUT2D eigenvalue weighted by Gasteiger charge is -2.09. The van der Waals surface area contributed by atoms with Crippen LogP contribution in [0.5, 0.6) is 0 Å². The zero-order valence-corrected chi connectivity index (χ0v) is 11.5. The fraction of sp³-hybridized carbons (Fsp3) is 0.200. The lowest BCUT2D eigenvalue weighted by molar-refractivity contribution is -0.145. The van der Waals surface area contributed by atoms with Crippen LogP contribution in [0.4, 0.5) is 10.1 Å². The minimum absolute atomic E-state index is 0.0422. The number of halogens is 1.